The van der Waals surface area contributed by atoms with Crippen molar-refractivity contribution in [2.24, 2.45) is 0 Å². The summed E-state index contributed by atoms with van der Waals surface area (Å²) >= 11 is 3.16. The van der Waals surface area contributed by atoms with Crippen LogP contribution in [0.5, 0.6) is 0 Å². The van der Waals surface area contributed by atoms with Crippen LogP contribution in [0.25, 0.3) is 23.0 Å². The third-order valence-corrected chi connectivity index (χ3v) is 5.69. The average Bonchev–Trinajstić information content (AvgIpc) is 3.33. The van der Waals surface area contributed by atoms with E-state index in [1.807, 2.05) is 27.8 Å². The van der Waals surface area contributed by atoms with Gasteiger partial charge in [0, 0.05) is 24.3 Å². The number of amides is 1. The molecule has 6 nitrogen and oxygen atoms in total. The van der Waals surface area contributed by atoms with Gasteiger partial charge in [0.1, 0.15) is 18.1 Å². The highest BCUT2D eigenvalue weighted by Crippen LogP contribution is 2.26. The van der Waals surface area contributed by atoms with Crippen LogP contribution in [0.15, 0.2) is 45.5 Å². The van der Waals surface area contributed by atoms with Gasteiger partial charge in [-0.05, 0) is 72.4 Å². The number of carbonyl (C=O) groups excluding carboxylic acids is 1. The summed E-state index contributed by atoms with van der Waals surface area (Å²) in [7, 11) is 0. The number of rotatable bonds is 4. The first-order valence-electron chi connectivity index (χ1n) is 9.27. The van der Waals surface area contributed by atoms with Crippen LogP contribution in [-0.4, -0.2) is 38.1 Å². The van der Waals surface area contributed by atoms with Crippen LogP contribution < -0.4 is 0 Å². The van der Waals surface area contributed by atoms with Crippen molar-refractivity contribution in [2.45, 2.75) is 38.8 Å². The van der Waals surface area contributed by atoms with Gasteiger partial charge in [0.05, 0.1) is 4.47 Å². The van der Waals surface area contributed by atoms with E-state index in [2.05, 4.69) is 33.0 Å². The zero-order valence-electron chi connectivity index (χ0n) is 15.4. The number of nitrogens with zero attached hydrogens (tertiary/aromatic N) is 4. The summed E-state index contributed by atoms with van der Waals surface area (Å²) in [5, 5.41) is 4.00. The predicted molar refractivity (Wildman–Crippen MR) is 106 cm³/mol. The van der Waals surface area contributed by atoms with Gasteiger partial charge in [-0.1, -0.05) is 5.16 Å². The molecule has 2 aromatic heterocycles. The van der Waals surface area contributed by atoms with Crippen LogP contribution in [0.4, 0.5) is 4.39 Å². The van der Waals surface area contributed by atoms with Gasteiger partial charge in [0.25, 0.3) is 5.89 Å². The molecule has 146 valence electrons. The molecule has 0 radical (unpaired) electrons. The third kappa shape index (κ3) is 3.73. The molecule has 0 saturated carbocycles. The number of piperidine rings is 1. The highest BCUT2D eigenvalue weighted by Gasteiger charge is 2.24. The molecule has 0 unspecified atom stereocenters. The number of carbonyl (C=O) groups is 1. The van der Waals surface area contributed by atoms with Crippen LogP contribution in [-0.2, 0) is 11.3 Å². The molecule has 1 atom stereocenters. The standard InChI is InChI=1S/C20H20BrFN4O2/c1-13-5-2-3-10-26(13)18(27)12-25-9-4-6-17(25)20-23-19(24-28-20)14-7-8-16(22)15(21)11-14/h4,6-9,11,13H,2-3,5,10,12H2,1H3/t13-/m1/s1. The van der Waals surface area contributed by atoms with Gasteiger partial charge in [-0.2, -0.15) is 4.98 Å². The Balaban J connectivity index is 1.55. The van der Waals surface area contributed by atoms with Gasteiger partial charge in [-0.25, -0.2) is 4.39 Å². The molecule has 1 fully saturated rings. The molecular weight excluding hydrogens is 427 g/mol. The number of benzene rings is 1. The van der Waals surface area contributed by atoms with E-state index in [9.17, 15) is 9.18 Å². The maximum absolute atomic E-state index is 13.4. The zero-order valence-corrected chi connectivity index (χ0v) is 17.0. The molecule has 1 aromatic carbocycles. The lowest BCUT2D eigenvalue weighted by Gasteiger charge is -2.33. The Morgan fingerprint density at radius 3 is 3.00 bits per heavy atom. The Labute approximate surface area is 170 Å². The van der Waals surface area contributed by atoms with Crippen molar-refractivity contribution in [1.29, 1.82) is 0 Å². The number of hydrogen-bond donors (Lipinski definition) is 0. The summed E-state index contributed by atoms with van der Waals surface area (Å²) in [5.74, 6) is 0.415. The summed E-state index contributed by atoms with van der Waals surface area (Å²) in [4.78, 5) is 19.1. The molecule has 1 amide bonds. The Kier molecular flexibility index (Phi) is 5.30. The number of hydrogen-bond acceptors (Lipinski definition) is 4. The largest absolute Gasteiger partial charge is 0.338 e. The van der Waals surface area contributed by atoms with E-state index < -0.39 is 0 Å². The summed E-state index contributed by atoms with van der Waals surface area (Å²) in [5.41, 5.74) is 1.32. The molecule has 28 heavy (non-hydrogen) atoms. The Hall–Kier alpha value is -2.48. The van der Waals surface area contributed by atoms with E-state index in [0.29, 0.717) is 27.4 Å². The smallest absolute Gasteiger partial charge is 0.274 e. The van der Waals surface area contributed by atoms with Gasteiger partial charge in [-0.3, -0.25) is 4.79 Å². The fourth-order valence-electron chi connectivity index (χ4n) is 3.53. The van der Waals surface area contributed by atoms with E-state index in [1.54, 1.807) is 12.1 Å². The highest BCUT2D eigenvalue weighted by molar-refractivity contribution is 9.10. The van der Waals surface area contributed by atoms with Gasteiger partial charge in [0.15, 0.2) is 0 Å². The molecule has 1 aliphatic rings. The number of halogens is 2. The van der Waals surface area contributed by atoms with Gasteiger partial charge >= 0.3 is 0 Å². The van der Waals surface area contributed by atoms with E-state index in [0.717, 1.165) is 19.4 Å². The lowest BCUT2D eigenvalue weighted by Crippen LogP contribution is -2.43. The molecule has 1 saturated heterocycles. The van der Waals surface area contributed by atoms with Crippen LogP contribution in [0.3, 0.4) is 0 Å². The average molecular weight is 447 g/mol. The fourth-order valence-corrected chi connectivity index (χ4v) is 3.91. The SMILES string of the molecule is C[C@@H]1CCCCN1C(=O)Cn1cccc1-c1nc(-c2ccc(F)c(Br)c2)no1. The molecule has 0 spiro atoms. The van der Waals surface area contributed by atoms with E-state index >= 15 is 0 Å². The first-order chi connectivity index (χ1) is 13.5. The number of likely N-dealkylation sites (tertiary alicyclic amines) is 1. The molecule has 0 aliphatic carbocycles. The maximum Gasteiger partial charge on any atom is 0.274 e. The fraction of sp³-hybridized carbons (Fsp3) is 0.350. The van der Waals surface area contributed by atoms with Crippen molar-refractivity contribution in [3.63, 3.8) is 0 Å². The van der Waals surface area contributed by atoms with E-state index in [4.69, 9.17) is 4.52 Å². The van der Waals surface area contributed by atoms with Crippen LogP contribution >= 0.6 is 15.9 Å². The van der Waals surface area contributed by atoms with E-state index in [1.165, 1.54) is 12.5 Å². The van der Waals surface area contributed by atoms with Gasteiger partial charge in [0.2, 0.25) is 11.7 Å². The molecule has 8 heteroatoms. The van der Waals surface area contributed by atoms with Crippen molar-refractivity contribution in [2.75, 3.05) is 6.54 Å². The van der Waals surface area contributed by atoms with Crippen molar-refractivity contribution < 1.29 is 13.7 Å². The molecule has 3 aromatic rings. The van der Waals surface area contributed by atoms with Crippen molar-refractivity contribution in [3.8, 4) is 23.0 Å². The van der Waals surface area contributed by atoms with Crippen molar-refractivity contribution in [1.82, 2.24) is 19.6 Å². The topological polar surface area (TPSA) is 64.2 Å². The van der Waals surface area contributed by atoms with Gasteiger partial charge < -0.3 is 14.0 Å². The second-order valence-corrected chi connectivity index (χ2v) is 7.86. The molecular formula is C20H20BrFN4O2. The first kappa shape index (κ1) is 18.9. The summed E-state index contributed by atoms with van der Waals surface area (Å²) in [6.07, 6.45) is 5.10. The summed E-state index contributed by atoms with van der Waals surface area (Å²) in [6.45, 7) is 3.13. The third-order valence-electron chi connectivity index (χ3n) is 5.08. The Morgan fingerprint density at radius 1 is 1.36 bits per heavy atom. The lowest BCUT2D eigenvalue weighted by molar-refractivity contribution is -0.135. The van der Waals surface area contributed by atoms with E-state index in [-0.39, 0.29) is 24.3 Å². The lowest BCUT2D eigenvalue weighted by atomic mass is 10.0. The Morgan fingerprint density at radius 2 is 2.21 bits per heavy atom. The zero-order chi connectivity index (χ0) is 19.7. The molecule has 0 N–H and O–H groups in total. The molecule has 1 aliphatic heterocycles. The molecule has 3 heterocycles. The first-order valence-corrected chi connectivity index (χ1v) is 10.1. The second-order valence-electron chi connectivity index (χ2n) is 7.01. The monoisotopic (exact) mass is 446 g/mol. The quantitative estimate of drug-likeness (QED) is 0.591. The minimum absolute atomic E-state index is 0.0897. The van der Waals surface area contributed by atoms with Crippen LogP contribution in [0.2, 0.25) is 0 Å². The normalized spacial score (nSPS) is 17.1. The van der Waals surface area contributed by atoms with Gasteiger partial charge in [-0.15, -0.1) is 0 Å². The Bertz CT molecular complexity index is 1000. The maximum atomic E-state index is 13.4. The second kappa shape index (κ2) is 7.87. The molecule has 4 rings (SSSR count). The highest BCUT2D eigenvalue weighted by atomic mass is 79.9. The minimum atomic E-state index is -0.355. The summed E-state index contributed by atoms with van der Waals surface area (Å²) < 4.78 is 21.0. The predicted octanol–water partition coefficient (Wildman–Crippen LogP) is 4.51. The van der Waals surface area contributed by atoms with Crippen LogP contribution in [0, 0.1) is 5.82 Å². The van der Waals surface area contributed by atoms with Crippen molar-refractivity contribution >= 4 is 21.8 Å². The van der Waals surface area contributed by atoms with Crippen LogP contribution in [0.1, 0.15) is 26.2 Å². The number of aromatic nitrogens is 3. The molecule has 0 bridgehead atoms. The van der Waals surface area contributed by atoms with Crippen molar-refractivity contribution in [3.05, 3.63) is 46.8 Å². The summed E-state index contributed by atoms with van der Waals surface area (Å²) in [6, 6.07) is 8.49. The minimum Gasteiger partial charge on any atom is -0.338 e.